The Morgan fingerprint density at radius 2 is 1.84 bits per heavy atom. The van der Waals surface area contributed by atoms with Gasteiger partial charge in [0.25, 0.3) is 10.1 Å². The van der Waals surface area contributed by atoms with E-state index in [0.29, 0.717) is 0 Å². The molecule has 25 heavy (non-hydrogen) atoms. The first-order valence-electron chi connectivity index (χ1n) is 8.75. The second-order valence-corrected chi connectivity index (χ2v) is 8.54. The minimum Gasteiger partial charge on any atom is -0.464 e. The minimum absolute atomic E-state index is 0.0493. The minimum atomic E-state index is -3.67. The fourth-order valence-corrected chi connectivity index (χ4v) is 4.58. The van der Waals surface area contributed by atoms with E-state index in [9.17, 15) is 17.8 Å². The summed E-state index contributed by atoms with van der Waals surface area (Å²) in [6.45, 7) is 3.62. The first kappa shape index (κ1) is 22.5. The van der Waals surface area contributed by atoms with E-state index in [1.165, 1.54) is 0 Å². The van der Waals surface area contributed by atoms with Crippen LogP contribution in [-0.4, -0.2) is 52.2 Å². The van der Waals surface area contributed by atoms with Crippen molar-refractivity contribution in [1.29, 1.82) is 0 Å². The van der Waals surface area contributed by atoms with E-state index in [-0.39, 0.29) is 40.4 Å². The SMILES string of the molecule is CCOC(=O)C(CP=O)(OCC)C(COS(C)(=O)=O)C1CCCCC1. The van der Waals surface area contributed by atoms with Crippen LogP contribution < -0.4 is 0 Å². The van der Waals surface area contributed by atoms with Crippen molar-refractivity contribution in [2.75, 3.05) is 32.2 Å². The summed E-state index contributed by atoms with van der Waals surface area (Å²) < 4.78 is 50.5. The highest BCUT2D eigenvalue weighted by Crippen LogP contribution is 2.40. The monoisotopic (exact) mass is 396 g/mol. The molecular weight excluding hydrogens is 367 g/mol. The van der Waals surface area contributed by atoms with Crippen LogP contribution in [0.1, 0.15) is 46.0 Å². The van der Waals surface area contributed by atoms with Gasteiger partial charge in [-0.2, -0.15) is 8.42 Å². The van der Waals surface area contributed by atoms with Crippen LogP contribution in [0.15, 0.2) is 0 Å². The number of hydrogen-bond acceptors (Lipinski definition) is 7. The van der Waals surface area contributed by atoms with Crippen molar-refractivity contribution in [3.8, 4) is 0 Å². The van der Waals surface area contributed by atoms with Crippen LogP contribution in [0.25, 0.3) is 0 Å². The van der Waals surface area contributed by atoms with Gasteiger partial charge in [0.15, 0.2) is 14.1 Å². The molecule has 0 aliphatic heterocycles. The molecule has 0 spiro atoms. The van der Waals surface area contributed by atoms with Crippen LogP contribution in [0.2, 0.25) is 0 Å². The van der Waals surface area contributed by atoms with Crippen LogP contribution >= 0.6 is 8.46 Å². The molecule has 1 aliphatic rings. The van der Waals surface area contributed by atoms with Crippen LogP contribution in [0, 0.1) is 11.8 Å². The molecule has 1 fully saturated rings. The highest BCUT2D eigenvalue weighted by atomic mass is 32.2. The Labute approximate surface area is 152 Å². The zero-order valence-corrected chi connectivity index (χ0v) is 16.9. The fourth-order valence-electron chi connectivity index (χ4n) is 3.54. The highest BCUT2D eigenvalue weighted by Gasteiger charge is 2.51. The Morgan fingerprint density at radius 3 is 2.32 bits per heavy atom. The number of carbonyl (C=O) groups excluding carboxylic acids is 1. The molecule has 0 saturated heterocycles. The van der Waals surface area contributed by atoms with Gasteiger partial charge in [-0.05, 0) is 32.6 Å². The zero-order chi connectivity index (χ0) is 18.9. The number of ether oxygens (including phenoxy) is 2. The van der Waals surface area contributed by atoms with Crippen molar-refractivity contribution in [1.82, 2.24) is 0 Å². The summed E-state index contributed by atoms with van der Waals surface area (Å²) >= 11 is 0. The summed E-state index contributed by atoms with van der Waals surface area (Å²) in [7, 11) is -3.93. The largest absolute Gasteiger partial charge is 0.464 e. The molecule has 2 atom stereocenters. The van der Waals surface area contributed by atoms with Crippen molar-refractivity contribution < 1.29 is 31.4 Å². The van der Waals surface area contributed by atoms with Gasteiger partial charge in [-0.1, -0.05) is 19.3 Å². The highest BCUT2D eigenvalue weighted by molar-refractivity contribution is 7.85. The molecule has 0 heterocycles. The van der Waals surface area contributed by atoms with Gasteiger partial charge < -0.3 is 9.47 Å². The Balaban J connectivity index is 3.26. The molecule has 7 nitrogen and oxygen atoms in total. The molecule has 0 bridgehead atoms. The van der Waals surface area contributed by atoms with Crippen molar-refractivity contribution in [3.63, 3.8) is 0 Å². The molecule has 0 aromatic heterocycles. The summed E-state index contributed by atoms with van der Waals surface area (Å²) in [6.07, 6.45) is 5.69. The number of carbonyl (C=O) groups is 1. The van der Waals surface area contributed by atoms with Crippen LogP contribution in [0.4, 0.5) is 0 Å². The lowest BCUT2D eigenvalue weighted by atomic mass is 9.72. The lowest BCUT2D eigenvalue weighted by Crippen LogP contribution is -2.55. The topological polar surface area (TPSA) is 96.0 Å². The standard InChI is InChI=1S/C16H29O7PS/c1-4-21-15(17)16(12-24-18,22-5-2)14(11-23-25(3,19)20)13-9-7-6-8-10-13/h13-14H,4-12H2,1-3H3. The smallest absolute Gasteiger partial charge is 0.339 e. The van der Waals surface area contributed by atoms with Crippen molar-refractivity contribution in [2.45, 2.75) is 51.6 Å². The third-order valence-electron chi connectivity index (χ3n) is 4.60. The normalized spacial score (nSPS) is 20.1. The molecular formula is C16H29O7PS. The Bertz CT molecular complexity index is 531. The van der Waals surface area contributed by atoms with Gasteiger partial charge in [-0.3, -0.25) is 8.75 Å². The van der Waals surface area contributed by atoms with Gasteiger partial charge >= 0.3 is 5.97 Å². The summed E-state index contributed by atoms with van der Waals surface area (Å²) in [5, 5.41) is 0. The average Bonchev–Trinajstić information content (AvgIpc) is 2.55. The molecule has 1 rings (SSSR count). The van der Waals surface area contributed by atoms with E-state index in [2.05, 4.69) is 0 Å². The van der Waals surface area contributed by atoms with Gasteiger partial charge in [0, 0.05) is 12.5 Å². The zero-order valence-electron chi connectivity index (χ0n) is 15.2. The van der Waals surface area contributed by atoms with E-state index in [1.807, 2.05) is 0 Å². The molecule has 0 N–H and O–H groups in total. The maximum absolute atomic E-state index is 12.8. The predicted octanol–water partition coefficient (Wildman–Crippen LogP) is 2.79. The van der Waals surface area contributed by atoms with Gasteiger partial charge in [-0.15, -0.1) is 0 Å². The Hall–Kier alpha value is -0.560. The quantitative estimate of drug-likeness (QED) is 0.301. The average molecular weight is 396 g/mol. The summed E-state index contributed by atoms with van der Waals surface area (Å²) in [5.74, 6) is -1.09. The molecule has 1 saturated carbocycles. The molecule has 0 aromatic carbocycles. The molecule has 2 unspecified atom stereocenters. The number of rotatable bonds is 11. The molecule has 0 amide bonds. The van der Waals surface area contributed by atoms with Crippen LogP contribution in [0.3, 0.4) is 0 Å². The Morgan fingerprint density at radius 1 is 1.20 bits per heavy atom. The maximum Gasteiger partial charge on any atom is 0.339 e. The molecule has 146 valence electrons. The van der Waals surface area contributed by atoms with Crippen LogP contribution in [-0.2, 0) is 33.1 Å². The first-order chi connectivity index (χ1) is 11.8. The van der Waals surface area contributed by atoms with Gasteiger partial charge in [-0.25, -0.2) is 4.79 Å². The summed E-state index contributed by atoms with van der Waals surface area (Å²) in [4.78, 5) is 12.8. The summed E-state index contributed by atoms with van der Waals surface area (Å²) in [5.41, 5.74) is -1.47. The predicted molar refractivity (Wildman–Crippen MR) is 94.3 cm³/mol. The molecule has 0 aromatic rings. The first-order valence-corrected chi connectivity index (χ1v) is 11.6. The lowest BCUT2D eigenvalue weighted by Gasteiger charge is -2.41. The van der Waals surface area contributed by atoms with Gasteiger partial charge in [0.05, 0.1) is 25.6 Å². The second kappa shape index (κ2) is 10.6. The van der Waals surface area contributed by atoms with E-state index >= 15 is 0 Å². The third-order valence-corrected chi connectivity index (χ3v) is 5.76. The number of esters is 1. The molecule has 0 radical (unpaired) electrons. The lowest BCUT2D eigenvalue weighted by molar-refractivity contribution is -0.182. The summed E-state index contributed by atoms with van der Waals surface area (Å²) in [6, 6.07) is 0. The van der Waals surface area contributed by atoms with E-state index in [0.717, 1.165) is 38.4 Å². The maximum atomic E-state index is 12.8. The van der Waals surface area contributed by atoms with Crippen molar-refractivity contribution in [2.24, 2.45) is 11.8 Å². The molecule has 1 aliphatic carbocycles. The molecule has 9 heteroatoms. The van der Waals surface area contributed by atoms with E-state index < -0.39 is 27.6 Å². The number of hydrogen-bond donors (Lipinski definition) is 0. The van der Waals surface area contributed by atoms with Gasteiger partial charge in [0.1, 0.15) is 0 Å². The Kier molecular flexibility index (Phi) is 9.49. The van der Waals surface area contributed by atoms with E-state index in [4.69, 9.17) is 13.7 Å². The van der Waals surface area contributed by atoms with Crippen molar-refractivity contribution >= 4 is 24.5 Å². The van der Waals surface area contributed by atoms with Crippen molar-refractivity contribution in [3.05, 3.63) is 0 Å². The fraction of sp³-hybridized carbons (Fsp3) is 0.938. The third kappa shape index (κ3) is 6.59. The van der Waals surface area contributed by atoms with Crippen LogP contribution in [0.5, 0.6) is 0 Å². The second-order valence-electron chi connectivity index (χ2n) is 6.32. The van der Waals surface area contributed by atoms with Gasteiger partial charge in [0.2, 0.25) is 0 Å². The van der Waals surface area contributed by atoms with E-state index in [1.54, 1.807) is 13.8 Å².